The third-order valence-electron chi connectivity index (χ3n) is 7.56. The van der Waals surface area contributed by atoms with Gasteiger partial charge >= 0.3 is 6.09 Å². The van der Waals surface area contributed by atoms with Crippen molar-refractivity contribution in [2.24, 2.45) is 0 Å². The van der Waals surface area contributed by atoms with Gasteiger partial charge < -0.3 is 20.3 Å². The molecule has 2 N–H and O–H groups in total. The van der Waals surface area contributed by atoms with Crippen molar-refractivity contribution in [1.82, 2.24) is 10.2 Å². The molecule has 7 heteroatoms. The van der Waals surface area contributed by atoms with Crippen molar-refractivity contribution >= 4 is 34.4 Å². The molecule has 0 aliphatic carbocycles. The molecule has 2 atom stereocenters. The quantitative estimate of drug-likeness (QED) is 0.197. The second kappa shape index (κ2) is 15.6. The number of aryl methyl sites for hydroxylation is 2. The highest BCUT2D eigenvalue weighted by Crippen LogP contribution is 2.28. The molecule has 0 radical (unpaired) electrons. The van der Waals surface area contributed by atoms with E-state index in [9.17, 15) is 14.4 Å². The molecule has 43 heavy (non-hydrogen) atoms. The molecule has 7 nitrogen and oxygen atoms in total. The van der Waals surface area contributed by atoms with Crippen LogP contribution in [0.25, 0.3) is 10.8 Å². The number of amides is 3. The summed E-state index contributed by atoms with van der Waals surface area (Å²) >= 11 is 0. The van der Waals surface area contributed by atoms with E-state index in [0.717, 1.165) is 59.6 Å². The van der Waals surface area contributed by atoms with Gasteiger partial charge in [-0.15, -0.1) is 0 Å². The van der Waals surface area contributed by atoms with Crippen LogP contribution in [-0.2, 0) is 14.3 Å². The smallest absolute Gasteiger partial charge is 0.408 e. The zero-order valence-electron chi connectivity index (χ0n) is 27.0. The first-order chi connectivity index (χ1) is 20.4. The summed E-state index contributed by atoms with van der Waals surface area (Å²) in [5.41, 5.74) is 2.82. The van der Waals surface area contributed by atoms with Crippen LogP contribution in [0.3, 0.4) is 0 Å². The van der Waals surface area contributed by atoms with E-state index in [2.05, 4.69) is 17.6 Å². The van der Waals surface area contributed by atoms with Gasteiger partial charge in [-0.05, 0) is 87.6 Å². The zero-order valence-corrected chi connectivity index (χ0v) is 27.0. The zero-order chi connectivity index (χ0) is 31.6. The number of nitrogens with one attached hydrogen (secondary N) is 2. The minimum atomic E-state index is -0.892. The first kappa shape index (κ1) is 33.6. The Morgan fingerprint density at radius 1 is 0.837 bits per heavy atom. The summed E-state index contributed by atoms with van der Waals surface area (Å²) < 4.78 is 5.41. The maximum absolute atomic E-state index is 14.2. The number of hydrogen-bond donors (Lipinski definition) is 2. The molecule has 0 fully saturated rings. The lowest BCUT2D eigenvalue weighted by Gasteiger charge is -2.34. The predicted molar refractivity (Wildman–Crippen MR) is 175 cm³/mol. The summed E-state index contributed by atoms with van der Waals surface area (Å²) in [6, 6.07) is 17.9. The summed E-state index contributed by atoms with van der Waals surface area (Å²) in [6.07, 6.45) is 5.57. The molecule has 3 rings (SSSR count). The maximum Gasteiger partial charge on any atom is 0.408 e. The normalized spacial score (nSPS) is 12.8. The number of carbonyl (C=O) groups is 3. The van der Waals surface area contributed by atoms with Crippen molar-refractivity contribution in [1.29, 1.82) is 0 Å². The molecule has 0 bridgehead atoms. The Hall–Kier alpha value is -3.87. The van der Waals surface area contributed by atoms with Gasteiger partial charge in [0.25, 0.3) is 5.91 Å². The van der Waals surface area contributed by atoms with Crippen molar-refractivity contribution in [2.45, 2.75) is 105 Å². The molecule has 2 unspecified atom stereocenters. The number of fused-ring (bicyclic) bond motifs is 1. The first-order valence-corrected chi connectivity index (χ1v) is 15.6. The minimum Gasteiger partial charge on any atom is -0.444 e. The van der Waals surface area contributed by atoms with Crippen LogP contribution in [-0.4, -0.2) is 41.0 Å². The number of unbranched alkanes of at least 4 members (excludes halogenated alkanes) is 5. The van der Waals surface area contributed by atoms with Crippen LogP contribution in [0.15, 0.2) is 60.7 Å². The molecule has 232 valence electrons. The average molecular weight is 588 g/mol. The Balaban J connectivity index is 1.96. The van der Waals surface area contributed by atoms with Crippen LogP contribution < -0.4 is 10.6 Å². The van der Waals surface area contributed by atoms with Crippen LogP contribution in [0.2, 0.25) is 0 Å². The number of hydrogen-bond acceptors (Lipinski definition) is 4. The van der Waals surface area contributed by atoms with E-state index >= 15 is 0 Å². The highest BCUT2D eigenvalue weighted by atomic mass is 16.6. The highest BCUT2D eigenvalue weighted by molar-refractivity contribution is 6.00. The Morgan fingerprint density at radius 3 is 2.19 bits per heavy atom. The monoisotopic (exact) mass is 587 g/mol. The van der Waals surface area contributed by atoms with E-state index in [1.54, 1.807) is 32.6 Å². The van der Waals surface area contributed by atoms with Gasteiger partial charge in [0.05, 0.1) is 0 Å². The van der Waals surface area contributed by atoms with E-state index in [1.165, 1.54) is 6.42 Å². The van der Waals surface area contributed by atoms with Gasteiger partial charge in [-0.25, -0.2) is 4.79 Å². The summed E-state index contributed by atoms with van der Waals surface area (Å²) in [4.78, 5) is 42.5. The topological polar surface area (TPSA) is 87.7 Å². The third kappa shape index (κ3) is 10.1. The lowest BCUT2D eigenvalue weighted by Crippen LogP contribution is -2.51. The van der Waals surface area contributed by atoms with Crippen LogP contribution in [0.1, 0.15) is 95.9 Å². The highest BCUT2D eigenvalue weighted by Gasteiger charge is 2.34. The standard InChI is InChI=1S/C36H49N3O4/c1-8-9-10-11-12-15-22-39(34(41)27(4)37-35(42)43-36(5,6)7)32(30-19-18-25(2)26(3)23-30)33(40)38-31-21-20-28-16-13-14-17-29(28)24-31/h13-14,16-21,23-24,27,32H,8-12,15,22H2,1-7H3,(H,37,42)(H,38,40). The van der Waals surface area contributed by atoms with Gasteiger partial charge in [-0.1, -0.05) is 87.6 Å². The van der Waals surface area contributed by atoms with E-state index < -0.39 is 23.8 Å². The number of alkyl carbamates (subject to hydrolysis) is 1. The van der Waals surface area contributed by atoms with Crippen molar-refractivity contribution in [3.63, 3.8) is 0 Å². The number of anilines is 1. The SMILES string of the molecule is CCCCCCCCN(C(=O)C(C)NC(=O)OC(C)(C)C)C(C(=O)Nc1ccc2ccccc2c1)c1ccc(C)c(C)c1. The van der Waals surface area contributed by atoms with Gasteiger partial charge in [0, 0.05) is 12.2 Å². The Labute approximate surface area is 257 Å². The molecule has 0 aromatic heterocycles. The van der Waals surface area contributed by atoms with E-state index in [0.29, 0.717) is 12.2 Å². The van der Waals surface area contributed by atoms with E-state index in [4.69, 9.17) is 4.74 Å². The van der Waals surface area contributed by atoms with E-state index in [-0.39, 0.29) is 11.8 Å². The Kier molecular flexibility index (Phi) is 12.2. The van der Waals surface area contributed by atoms with Gasteiger partial charge in [0.15, 0.2) is 0 Å². The fourth-order valence-electron chi connectivity index (χ4n) is 5.11. The van der Waals surface area contributed by atoms with Crippen molar-refractivity contribution in [3.8, 4) is 0 Å². The Bertz CT molecular complexity index is 1390. The number of carbonyl (C=O) groups excluding carboxylic acids is 3. The number of rotatable bonds is 13. The summed E-state index contributed by atoms with van der Waals surface area (Å²) in [6.45, 7) is 13.6. The van der Waals surface area contributed by atoms with Crippen LogP contribution >= 0.6 is 0 Å². The molecule has 3 aromatic carbocycles. The minimum absolute atomic E-state index is 0.303. The average Bonchev–Trinajstić information content (AvgIpc) is 2.94. The van der Waals surface area contributed by atoms with Crippen molar-refractivity contribution < 1.29 is 19.1 Å². The largest absolute Gasteiger partial charge is 0.444 e. The Morgan fingerprint density at radius 2 is 1.51 bits per heavy atom. The fourth-order valence-corrected chi connectivity index (χ4v) is 5.11. The first-order valence-electron chi connectivity index (χ1n) is 15.6. The summed E-state index contributed by atoms with van der Waals surface area (Å²) in [5.74, 6) is -0.640. The van der Waals surface area contributed by atoms with Crippen LogP contribution in [0.5, 0.6) is 0 Å². The molecule has 3 aromatic rings. The van der Waals surface area contributed by atoms with Gasteiger partial charge in [-0.3, -0.25) is 9.59 Å². The molecule has 3 amide bonds. The molecule has 0 saturated carbocycles. The van der Waals surface area contributed by atoms with Crippen LogP contribution in [0.4, 0.5) is 10.5 Å². The summed E-state index contributed by atoms with van der Waals surface area (Å²) in [5, 5.41) is 7.86. The van der Waals surface area contributed by atoms with Crippen LogP contribution in [0, 0.1) is 13.8 Å². The second-order valence-electron chi connectivity index (χ2n) is 12.5. The van der Waals surface area contributed by atoms with Gasteiger partial charge in [-0.2, -0.15) is 0 Å². The lowest BCUT2D eigenvalue weighted by molar-refractivity contribution is -0.140. The van der Waals surface area contributed by atoms with Gasteiger partial charge in [0.1, 0.15) is 17.7 Å². The second-order valence-corrected chi connectivity index (χ2v) is 12.5. The predicted octanol–water partition coefficient (Wildman–Crippen LogP) is 8.24. The molecule has 0 heterocycles. The molecule has 0 aliphatic rings. The van der Waals surface area contributed by atoms with E-state index in [1.807, 2.05) is 74.5 Å². The molecule has 0 saturated heterocycles. The van der Waals surface area contributed by atoms with Gasteiger partial charge in [0.2, 0.25) is 5.91 Å². The molecular formula is C36H49N3O4. The maximum atomic E-state index is 14.2. The fraction of sp³-hybridized carbons (Fsp3) is 0.472. The molecular weight excluding hydrogens is 538 g/mol. The van der Waals surface area contributed by atoms with Crippen molar-refractivity contribution in [2.75, 3.05) is 11.9 Å². The molecule has 0 aliphatic heterocycles. The number of nitrogens with zero attached hydrogens (tertiary/aromatic N) is 1. The number of ether oxygens (including phenoxy) is 1. The molecule has 0 spiro atoms. The third-order valence-corrected chi connectivity index (χ3v) is 7.56. The van der Waals surface area contributed by atoms with Crippen molar-refractivity contribution in [3.05, 3.63) is 77.4 Å². The number of benzene rings is 3. The lowest BCUT2D eigenvalue weighted by atomic mass is 9.98. The summed E-state index contributed by atoms with van der Waals surface area (Å²) in [7, 11) is 0.